The molecule has 0 atom stereocenters. The maximum atomic E-state index is 10.2. The van der Waals surface area contributed by atoms with Gasteiger partial charge in [-0.3, -0.25) is 4.79 Å². The van der Waals surface area contributed by atoms with Gasteiger partial charge < -0.3 is 4.74 Å². The minimum absolute atomic E-state index is 0.262. The number of hydrogen-bond acceptors (Lipinski definition) is 3. The number of alkyl halides is 1. The first-order valence-corrected chi connectivity index (χ1v) is 4.81. The van der Waals surface area contributed by atoms with Crippen LogP contribution in [0, 0.1) is 0 Å². The van der Waals surface area contributed by atoms with Crippen LogP contribution in [0.15, 0.2) is 0 Å². The molecule has 0 spiro atoms. The van der Waals surface area contributed by atoms with Gasteiger partial charge in [0, 0.05) is 11.8 Å². The number of rotatable bonds is 2. The highest BCUT2D eigenvalue weighted by molar-refractivity contribution is 9.09. The topological polar surface area (TPSA) is 43.4 Å². The van der Waals surface area contributed by atoms with E-state index in [1.165, 1.54) is 19.8 Å². The highest BCUT2D eigenvalue weighted by atomic mass is 79.9. The van der Waals surface area contributed by atoms with Crippen LogP contribution in [0.25, 0.3) is 0 Å². The molecular weight excluding hydrogens is 224 g/mol. The van der Waals surface area contributed by atoms with Crippen LogP contribution in [0.5, 0.6) is 0 Å². The summed E-state index contributed by atoms with van der Waals surface area (Å²) in [7, 11) is 0. The molecule has 1 aliphatic rings. The fraction of sp³-hybridized carbons (Fsp3) is 0.750. The molecular formula is C8H13BrO3. The van der Waals surface area contributed by atoms with Crippen LogP contribution in [0.3, 0.4) is 0 Å². The monoisotopic (exact) mass is 236 g/mol. The van der Waals surface area contributed by atoms with Crippen molar-refractivity contribution in [1.29, 1.82) is 0 Å². The summed E-state index contributed by atoms with van der Waals surface area (Å²) in [6.45, 7) is 3.09. The molecule has 0 bridgehead atoms. The van der Waals surface area contributed by atoms with Crippen LogP contribution in [-0.2, 0) is 14.3 Å². The first-order valence-electron chi connectivity index (χ1n) is 3.89. The van der Waals surface area contributed by atoms with E-state index >= 15 is 0 Å². The van der Waals surface area contributed by atoms with E-state index in [9.17, 15) is 9.59 Å². The van der Waals surface area contributed by atoms with Crippen LogP contribution in [-0.4, -0.2) is 23.2 Å². The summed E-state index contributed by atoms with van der Waals surface area (Å²) >= 11 is 3.38. The fourth-order valence-corrected chi connectivity index (χ4v) is 0.560. The number of ether oxygens (including phenoxy) is 1. The summed E-state index contributed by atoms with van der Waals surface area (Å²) in [6.07, 6.45) is 2.81. The third kappa shape index (κ3) is 7.72. The van der Waals surface area contributed by atoms with Gasteiger partial charge in [-0.15, -0.1) is 0 Å². The van der Waals surface area contributed by atoms with Crippen molar-refractivity contribution in [3.63, 3.8) is 0 Å². The summed E-state index contributed by atoms with van der Waals surface area (Å²) in [5, 5.41) is 0. The molecule has 4 heteroatoms. The van der Waals surface area contributed by atoms with Crippen molar-refractivity contribution in [2.75, 3.05) is 6.61 Å². The predicted molar refractivity (Wildman–Crippen MR) is 49.3 cm³/mol. The summed E-state index contributed by atoms with van der Waals surface area (Å²) in [4.78, 5) is 21.1. The Morgan fingerprint density at radius 2 is 1.92 bits per heavy atom. The lowest BCUT2D eigenvalue weighted by Crippen LogP contribution is -2.12. The van der Waals surface area contributed by atoms with E-state index in [1.807, 2.05) is 0 Å². The van der Waals surface area contributed by atoms with Crippen LogP contribution < -0.4 is 0 Å². The summed E-state index contributed by atoms with van der Waals surface area (Å²) in [6, 6.07) is 0. The number of Topliss-reactive ketones (excluding diaryl/α,β-unsaturated/α-hetero) is 1. The Morgan fingerprint density at radius 3 is 2.00 bits per heavy atom. The van der Waals surface area contributed by atoms with Gasteiger partial charge in [0.2, 0.25) is 5.78 Å². The Hall–Kier alpha value is -0.380. The maximum absolute atomic E-state index is 10.2. The van der Waals surface area contributed by atoms with Gasteiger partial charge in [0.05, 0.1) is 6.61 Å². The van der Waals surface area contributed by atoms with Gasteiger partial charge in [-0.25, -0.2) is 4.79 Å². The average molecular weight is 237 g/mol. The van der Waals surface area contributed by atoms with E-state index < -0.39 is 11.8 Å². The first kappa shape index (κ1) is 11.6. The van der Waals surface area contributed by atoms with Crippen molar-refractivity contribution in [2.45, 2.75) is 31.5 Å². The fourth-order valence-electron chi connectivity index (χ4n) is 0.296. The minimum atomic E-state index is -0.757. The van der Waals surface area contributed by atoms with Gasteiger partial charge in [0.15, 0.2) is 0 Å². The maximum Gasteiger partial charge on any atom is 0.374 e. The molecule has 0 N–H and O–H groups in total. The molecule has 1 rings (SSSR count). The third-order valence-electron chi connectivity index (χ3n) is 1.07. The second-order valence-electron chi connectivity index (χ2n) is 2.45. The van der Waals surface area contributed by atoms with Crippen molar-refractivity contribution in [3.05, 3.63) is 0 Å². The van der Waals surface area contributed by atoms with Gasteiger partial charge >= 0.3 is 5.97 Å². The number of halogens is 1. The molecule has 0 heterocycles. The first-order chi connectivity index (χ1) is 5.57. The number of hydrogen-bond donors (Lipinski definition) is 0. The van der Waals surface area contributed by atoms with Crippen LogP contribution in [0.4, 0.5) is 0 Å². The van der Waals surface area contributed by atoms with Crippen molar-refractivity contribution in [3.8, 4) is 0 Å². The molecule has 12 heavy (non-hydrogen) atoms. The normalized spacial score (nSPS) is 14.2. The third-order valence-corrected chi connectivity index (χ3v) is 1.99. The molecule has 70 valence electrons. The Balaban J connectivity index is 0.000000247. The van der Waals surface area contributed by atoms with Gasteiger partial charge in [-0.1, -0.05) is 15.9 Å². The van der Waals surface area contributed by atoms with Crippen LogP contribution in [0.1, 0.15) is 26.7 Å². The molecule has 0 aromatic carbocycles. The van der Waals surface area contributed by atoms with Gasteiger partial charge in [-0.2, -0.15) is 0 Å². The van der Waals surface area contributed by atoms with Gasteiger partial charge in [0.1, 0.15) is 0 Å². The molecule has 0 aromatic rings. The summed E-state index contributed by atoms with van der Waals surface area (Å²) < 4.78 is 4.31. The number of carbonyl (C=O) groups excluding carboxylic acids is 2. The van der Waals surface area contributed by atoms with Crippen LogP contribution in [0.2, 0.25) is 0 Å². The zero-order valence-corrected chi connectivity index (χ0v) is 8.89. The quantitative estimate of drug-likeness (QED) is 0.417. The second kappa shape index (κ2) is 6.17. The average Bonchev–Trinajstić information content (AvgIpc) is 2.73. The predicted octanol–water partition coefficient (Wildman–Crippen LogP) is 1.68. The molecule has 0 aromatic heterocycles. The number of ketones is 1. The Labute approximate surface area is 80.6 Å². The number of esters is 1. The van der Waals surface area contributed by atoms with Gasteiger partial charge in [-0.05, 0) is 19.8 Å². The minimum Gasteiger partial charge on any atom is -0.460 e. The zero-order chi connectivity index (χ0) is 9.56. The lowest BCUT2D eigenvalue weighted by atomic mass is 10.5. The largest absolute Gasteiger partial charge is 0.460 e. The smallest absolute Gasteiger partial charge is 0.374 e. The van der Waals surface area contributed by atoms with E-state index in [-0.39, 0.29) is 6.61 Å². The summed E-state index contributed by atoms with van der Waals surface area (Å²) in [5.74, 6) is -1.31. The van der Waals surface area contributed by atoms with Crippen LogP contribution >= 0.6 is 15.9 Å². The Morgan fingerprint density at radius 1 is 1.50 bits per heavy atom. The van der Waals surface area contributed by atoms with Crippen molar-refractivity contribution < 1.29 is 14.3 Å². The highest BCUT2D eigenvalue weighted by Gasteiger charge is 2.15. The zero-order valence-electron chi connectivity index (χ0n) is 7.30. The lowest BCUT2D eigenvalue weighted by molar-refractivity contribution is -0.152. The Bertz CT molecular complexity index is 164. The van der Waals surface area contributed by atoms with Crippen molar-refractivity contribution in [1.82, 2.24) is 0 Å². The second-order valence-corrected chi connectivity index (χ2v) is 3.75. The molecule has 0 radical (unpaired) electrons. The van der Waals surface area contributed by atoms with E-state index in [0.29, 0.717) is 0 Å². The van der Waals surface area contributed by atoms with Gasteiger partial charge in [0.25, 0.3) is 0 Å². The molecule has 0 unspecified atom stereocenters. The van der Waals surface area contributed by atoms with E-state index in [2.05, 4.69) is 20.7 Å². The molecule has 3 nitrogen and oxygen atoms in total. The molecule has 1 aliphatic carbocycles. The van der Waals surface area contributed by atoms with E-state index in [0.717, 1.165) is 4.83 Å². The molecule has 1 fully saturated rings. The van der Waals surface area contributed by atoms with Crippen molar-refractivity contribution in [2.24, 2.45) is 0 Å². The van der Waals surface area contributed by atoms with Crippen molar-refractivity contribution >= 4 is 27.7 Å². The molecule has 0 amide bonds. The summed E-state index contributed by atoms with van der Waals surface area (Å²) in [5.41, 5.74) is 0. The lowest BCUT2D eigenvalue weighted by Gasteiger charge is -1.93. The molecule has 0 saturated heterocycles. The van der Waals surface area contributed by atoms with E-state index in [1.54, 1.807) is 6.92 Å². The molecule has 0 aliphatic heterocycles. The SMILES string of the molecule is BrC1CC1.CCOC(=O)C(C)=O. The highest BCUT2D eigenvalue weighted by Crippen LogP contribution is 2.27. The standard InChI is InChI=1S/C5H8O3.C3H5Br/c1-3-8-5(7)4(2)6;4-3-1-2-3/h3H2,1-2H3;3H,1-2H2. The molecule has 1 saturated carbocycles. The van der Waals surface area contributed by atoms with E-state index in [4.69, 9.17) is 0 Å². The Kier molecular flexibility index (Phi) is 5.98. The number of carbonyl (C=O) groups is 2.